The van der Waals surface area contributed by atoms with Crippen LogP contribution in [-0.4, -0.2) is 41.8 Å². The fourth-order valence-corrected chi connectivity index (χ4v) is 2.87. The second-order valence-corrected chi connectivity index (χ2v) is 9.84. The van der Waals surface area contributed by atoms with E-state index in [2.05, 4.69) is 11.9 Å². The molecule has 0 spiro atoms. The highest BCUT2D eigenvalue weighted by Gasteiger charge is 2.23. The first kappa shape index (κ1) is 19.8. The maximum absolute atomic E-state index is 11.7. The number of alkyl carbamates (subject to hydrolysis) is 1. The molecule has 0 aliphatic heterocycles. The predicted octanol–water partition coefficient (Wildman–Crippen LogP) is 2.56. The van der Waals surface area contributed by atoms with Crippen LogP contribution in [0, 0.1) is 0 Å². The smallest absolute Gasteiger partial charge is 0.408 e. The molecule has 0 saturated heterocycles. The maximum Gasteiger partial charge on any atom is 0.408 e. The molecule has 0 rings (SSSR count). The minimum absolute atomic E-state index is 0.137. The van der Waals surface area contributed by atoms with Crippen LogP contribution >= 0.6 is 0 Å². The lowest BCUT2D eigenvalue weighted by atomic mass is 10.0. The molecular weight excluding hydrogens is 290 g/mol. The summed E-state index contributed by atoms with van der Waals surface area (Å²) in [6.45, 7) is 10.6. The molecule has 0 aliphatic carbocycles. The van der Waals surface area contributed by atoms with Crippen molar-refractivity contribution in [3.05, 3.63) is 12.2 Å². The summed E-state index contributed by atoms with van der Waals surface area (Å²) in [5, 5.41) is 2.57. The van der Waals surface area contributed by atoms with E-state index < -0.39 is 27.7 Å². The van der Waals surface area contributed by atoms with E-state index in [4.69, 9.17) is 4.74 Å². The van der Waals surface area contributed by atoms with Crippen LogP contribution < -0.4 is 5.32 Å². The van der Waals surface area contributed by atoms with Gasteiger partial charge in [0.15, 0.2) is 5.78 Å². The number of Topliss-reactive ketones (excluding diaryl/α,β-unsaturated/α-hetero) is 1. The number of hydrogen-bond acceptors (Lipinski definition) is 4. The lowest BCUT2D eigenvalue weighted by molar-refractivity contribution is -0.119. The molecule has 21 heavy (non-hydrogen) atoms. The van der Waals surface area contributed by atoms with E-state index in [0.717, 1.165) is 5.57 Å². The van der Waals surface area contributed by atoms with Gasteiger partial charge < -0.3 is 10.1 Å². The fourth-order valence-electron chi connectivity index (χ4n) is 1.74. The monoisotopic (exact) mass is 318 g/mol. The molecule has 1 N–H and O–H groups in total. The third-order valence-corrected chi connectivity index (χ3v) is 3.62. The van der Waals surface area contributed by atoms with Gasteiger partial charge in [-0.15, -0.1) is 4.21 Å². The maximum atomic E-state index is 11.7. The van der Waals surface area contributed by atoms with Gasteiger partial charge >= 0.3 is 6.09 Å². The van der Waals surface area contributed by atoms with Gasteiger partial charge in [-0.1, -0.05) is 6.58 Å². The van der Waals surface area contributed by atoms with Gasteiger partial charge in [0, 0.05) is 0 Å². The van der Waals surface area contributed by atoms with E-state index in [-0.39, 0.29) is 5.78 Å². The van der Waals surface area contributed by atoms with Crippen LogP contribution in [0.2, 0.25) is 0 Å². The molecule has 0 saturated carbocycles. The summed E-state index contributed by atoms with van der Waals surface area (Å²) in [5.74, 6) is 0.298. The van der Waals surface area contributed by atoms with Crippen LogP contribution in [0.4, 0.5) is 4.79 Å². The number of carbonyl (C=O) groups excluding carboxylic acids is 2. The molecule has 0 aromatic carbocycles. The van der Waals surface area contributed by atoms with Crippen LogP contribution in [0.5, 0.6) is 0 Å². The van der Waals surface area contributed by atoms with Crippen molar-refractivity contribution in [2.24, 2.45) is 0 Å². The summed E-state index contributed by atoms with van der Waals surface area (Å²) in [5.41, 5.74) is 0.215. The molecule has 0 fully saturated rings. The Morgan fingerprint density at radius 1 is 1.29 bits per heavy atom. The van der Waals surface area contributed by atoms with Crippen LogP contribution in [0.1, 0.15) is 40.5 Å². The number of ketones is 1. The van der Waals surface area contributed by atoms with Gasteiger partial charge in [0.1, 0.15) is 23.9 Å². The zero-order valence-corrected chi connectivity index (χ0v) is 14.8. The van der Waals surface area contributed by atoms with Crippen molar-refractivity contribution >= 4 is 21.8 Å². The quantitative estimate of drug-likeness (QED) is 0.578. The Bertz CT molecular complexity index is 445. The number of amides is 1. The average Bonchev–Trinajstić information content (AvgIpc) is 2.18. The summed E-state index contributed by atoms with van der Waals surface area (Å²) in [6.07, 6.45) is 3.73. The number of hydrogen-bond donors (Lipinski definition) is 1. The van der Waals surface area contributed by atoms with Gasteiger partial charge in [0.2, 0.25) is 0 Å². The molecule has 0 aromatic rings. The van der Waals surface area contributed by atoms with E-state index in [9.17, 15) is 13.8 Å². The highest BCUT2D eigenvalue weighted by Crippen LogP contribution is 2.12. The number of nitrogens with one attached hydrogen (secondary N) is 1. The van der Waals surface area contributed by atoms with Crippen LogP contribution in [0.3, 0.4) is 0 Å². The van der Waals surface area contributed by atoms with Gasteiger partial charge in [-0.2, -0.15) is 0 Å². The molecule has 5 nitrogen and oxygen atoms in total. The molecule has 6 heteroatoms. The largest absolute Gasteiger partial charge is 0.444 e. The lowest BCUT2D eigenvalue weighted by Gasteiger charge is -2.22. The Morgan fingerprint density at radius 3 is 2.19 bits per heavy atom. The summed E-state index contributed by atoms with van der Waals surface area (Å²) >= 11 is 0. The standard InChI is InChI=1S/C15H27NO4S/c1-11(10-21(6,7)19)8-9-13(12(2)17)16-14(18)20-15(3,4)5/h13H,1,8-10H2,2-7H3/p+1. The van der Waals surface area contributed by atoms with Gasteiger partial charge in [-0.3, -0.25) is 4.79 Å². The van der Waals surface area contributed by atoms with E-state index in [1.807, 2.05) is 0 Å². The second-order valence-electron chi connectivity index (χ2n) is 6.68. The zero-order chi connectivity index (χ0) is 16.8. The summed E-state index contributed by atoms with van der Waals surface area (Å²) < 4.78 is 16.8. The van der Waals surface area contributed by atoms with Crippen LogP contribution in [0.15, 0.2) is 12.2 Å². The highest BCUT2D eigenvalue weighted by molar-refractivity contribution is 8.01. The fraction of sp³-hybridized carbons (Fsp3) is 0.733. The SMILES string of the molecule is C=C(CCC(NC(=O)OC(C)(C)C)C(C)=O)C[S+](C)(C)=O. The molecule has 1 atom stereocenters. The summed E-state index contributed by atoms with van der Waals surface area (Å²) in [7, 11) is -1.89. The Morgan fingerprint density at radius 2 is 1.81 bits per heavy atom. The first-order valence-corrected chi connectivity index (χ1v) is 9.43. The van der Waals surface area contributed by atoms with E-state index in [0.29, 0.717) is 18.6 Å². The number of ether oxygens (including phenoxy) is 1. The molecule has 0 aromatic heterocycles. The molecular formula is C15H28NO4S+. The van der Waals surface area contributed by atoms with Crippen molar-refractivity contribution in [1.29, 1.82) is 0 Å². The van der Waals surface area contributed by atoms with Gasteiger partial charge in [0.05, 0.1) is 16.0 Å². The number of carbonyl (C=O) groups is 2. The van der Waals surface area contributed by atoms with Crippen LogP contribution in [0.25, 0.3) is 0 Å². The third kappa shape index (κ3) is 11.2. The van der Waals surface area contributed by atoms with E-state index in [1.54, 1.807) is 33.3 Å². The van der Waals surface area contributed by atoms with E-state index in [1.165, 1.54) is 6.92 Å². The molecule has 0 heterocycles. The third-order valence-electron chi connectivity index (χ3n) is 2.52. The lowest BCUT2D eigenvalue weighted by Crippen LogP contribution is -2.42. The summed E-state index contributed by atoms with van der Waals surface area (Å²) in [6, 6.07) is -0.610. The zero-order valence-electron chi connectivity index (χ0n) is 13.9. The summed E-state index contributed by atoms with van der Waals surface area (Å²) in [4.78, 5) is 23.3. The van der Waals surface area contributed by atoms with Crippen molar-refractivity contribution in [3.63, 3.8) is 0 Å². The number of rotatable bonds is 7. The normalized spacial score (nSPS) is 13.4. The minimum Gasteiger partial charge on any atom is -0.444 e. The highest BCUT2D eigenvalue weighted by atomic mass is 32.2. The molecule has 122 valence electrons. The van der Waals surface area contributed by atoms with Crippen molar-refractivity contribution in [2.75, 3.05) is 18.3 Å². The molecule has 0 radical (unpaired) electrons. The first-order valence-electron chi connectivity index (χ1n) is 6.88. The Balaban J connectivity index is 4.45. The molecule has 0 aliphatic rings. The molecule has 0 bridgehead atoms. The van der Waals surface area contributed by atoms with Crippen molar-refractivity contribution in [1.82, 2.24) is 5.32 Å². The van der Waals surface area contributed by atoms with Gasteiger partial charge in [0.25, 0.3) is 0 Å². The van der Waals surface area contributed by atoms with Gasteiger partial charge in [-0.25, -0.2) is 4.79 Å². The Hall–Kier alpha value is -1.17. The van der Waals surface area contributed by atoms with Crippen LogP contribution in [-0.2, 0) is 23.7 Å². The van der Waals surface area contributed by atoms with E-state index >= 15 is 0 Å². The average molecular weight is 318 g/mol. The van der Waals surface area contributed by atoms with Crippen molar-refractivity contribution < 1.29 is 18.5 Å². The van der Waals surface area contributed by atoms with Crippen molar-refractivity contribution in [3.8, 4) is 0 Å². The van der Waals surface area contributed by atoms with Crippen molar-refractivity contribution in [2.45, 2.75) is 52.2 Å². The Kier molecular flexibility index (Phi) is 7.30. The molecule has 1 amide bonds. The first-order chi connectivity index (χ1) is 9.30. The second kappa shape index (κ2) is 7.73. The minimum atomic E-state index is -1.89. The Labute approximate surface area is 128 Å². The topological polar surface area (TPSA) is 72.5 Å². The molecule has 1 unspecified atom stereocenters. The predicted molar refractivity (Wildman–Crippen MR) is 87.0 cm³/mol. The van der Waals surface area contributed by atoms with Gasteiger partial charge in [-0.05, 0) is 46.1 Å².